The molecule has 8 heteroatoms. The van der Waals surface area contributed by atoms with E-state index in [1.807, 2.05) is 51.1 Å². The van der Waals surface area contributed by atoms with E-state index in [0.717, 1.165) is 29.2 Å². The largest absolute Gasteiger partial charge is 0.484 e. The monoisotopic (exact) mass is 415 g/mol. The fourth-order valence-electron chi connectivity index (χ4n) is 3.02. The zero-order chi connectivity index (χ0) is 20.8. The van der Waals surface area contributed by atoms with E-state index in [1.54, 1.807) is 7.11 Å². The Hall–Kier alpha value is -2.58. The summed E-state index contributed by atoms with van der Waals surface area (Å²) in [7, 11) is 1.67. The number of aromatic nitrogens is 3. The van der Waals surface area contributed by atoms with Crippen molar-refractivity contribution in [1.82, 2.24) is 14.8 Å². The fraction of sp³-hybridized carbons (Fsp3) is 0.381. The van der Waals surface area contributed by atoms with Gasteiger partial charge in [0.25, 0.3) is 11.1 Å². The molecule has 7 nitrogen and oxygen atoms in total. The van der Waals surface area contributed by atoms with Crippen molar-refractivity contribution in [3.63, 3.8) is 0 Å². The molecule has 3 rings (SSSR count). The molecule has 0 spiro atoms. The Morgan fingerprint density at radius 2 is 2.03 bits per heavy atom. The molecule has 0 bridgehead atoms. The normalized spacial score (nSPS) is 11.0. The summed E-state index contributed by atoms with van der Waals surface area (Å²) in [5, 5.41) is 8.33. The lowest BCUT2D eigenvalue weighted by Crippen LogP contribution is -2.09. The maximum atomic E-state index is 12.6. The Kier molecular flexibility index (Phi) is 7.11. The summed E-state index contributed by atoms with van der Waals surface area (Å²) in [5.74, 6) is 1.38. The van der Waals surface area contributed by atoms with E-state index in [2.05, 4.69) is 14.8 Å². The number of thioether (sulfide) groups is 1. The van der Waals surface area contributed by atoms with Gasteiger partial charge in [-0.1, -0.05) is 23.9 Å². The highest BCUT2D eigenvalue weighted by Gasteiger charge is 2.17. The molecule has 0 amide bonds. The predicted molar refractivity (Wildman–Crippen MR) is 111 cm³/mol. The van der Waals surface area contributed by atoms with Gasteiger partial charge in [-0.2, -0.15) is 0 Å². The van der Waals surface area contributed by atoms with Gasteiger partial charge in [-0.15, -0.1) is 10.2 Å². The maximum absolute atomic E-state index is 12.6. The third kappa shape index (κ3) is 5.48. The highest BCUT2D eigenvalue weighted by molar-refractivity contribution is 7.99. The van der Waals surface area contributed by atoms with Crippen LogP contribution in [0, 0.1) is 20.8 Å². The lowest BCUT2D eigenvalue weighted by molar-refractivity contribution is 0.102. The van der Waals surface area contributed by atoms with Crippen molar-refractivity contribution in [3.05, 3.63) is 58.7 Å². The minimum Gasteiger partial charge on any atom is -0.484 e. The van der Waals surface area contributed by atoms with Crippen LogP contribution in [0.15, 0.2) is 40.0 Å². The second kappa shape index (κ2) is 9.76. The van der Waals surface area contributed by atoms with Crippen LogP contribution in [0.4, 0.5) is 0 Å². The number of aryl methyl sites for hydroxylation is 2. The number of carbonyl (C=O) groups excluding carboxylic acids is 1. The Bertz CT molecular complexity index is 980. The average molecular weight is 416 g/mol. The first-order valence-electron chi connectivity index (χ1n) is 9.31. The number of rotatable bonds is 10. The Balaban J connectivity index is 1.55. The van der Waals surface area contributed by atoms with Crippen molar-refractivity contribution in [2.24, 2.45) is 0 Å². The molecule has 0 fully saturated rings. The van der Waals surface area contributed by atoms with Crippen molar-refractivity contribution in [1.29, 1.82) is 0 Å². The molecule has 2 aromatic heterocycles. The number of carbonyl (C=O) groups is 1. The van der Waals surface area contributed by atoms with Crippen molar-refractivity contribution < 1.29 is 18.7 Å². The molecule has 0 saturated heterocycles. The van der Waals surface area contributed by atoms with Gasteiger partial charge in [-0.25, -0.2) is 0 Å². The zero-order valence-electron chi connectivity index (χ0n) is 17.1. The Labute approximate surface area is 174 Å². The molecule has 3 aromatic rings. The topological polar surface area (TPSA) is 79.4 Å². The van der Waals surface area contributed by atoms with Crippen LogP contribution in [0.25, 0.3) is 0 Å². The van der Waals surface area contributed by atoms with Crippen LogP contribution >= 0.6 is 11.8 Å². The second-order valence-electron chi connectivity index (χ2n) is 6.71. The van der Waals surface area contributed by atoms with Crippen LogP contribution in [0.1, 0.15) is 33.2 Å². The fourth-order valence-corrected chi connectivity index (χ4v) is 3.68. The number of benzene rings is 1. The molecular formula is C21H25N3O4S. The van der Waals surface area contributed by atoms with Gasteiger partial charge in [-0.3, -0.25) is 4.79 Å². The van der Waals surface area contributed by atoms with E-state index in [9.17, 15) is 4.79 Å². The average Bonchev–Trinajstić information content (AvgIpc) is 3.27. The summed E-state index contributed by atoms with van der Waals surface area (Å²) < 4.78 is 18.5. The third-order valence-electron chi connectivity index (χ3n) is 4.52. The highest BCUT2D eigenvalue weighted by Crippen LogP contribution is 2.22. The number of hydrogen-bond donors (Lipinski definition) is 0. The van der Waals surface area contributed by atoms with E-state index >= 15 is 0 Å². The van der Waals surface area contributed by atoms with Crippen LogP contribution in [0.3, 0.4) is 0 Å². The molecule has 0 aliphatic rings. The van der Waals surface area contributed by atoms with Crippen LogP contribution in [0.2, 0.25) is 0 Å². The minimum atomic E-state index is 0.0301. The van der Waals surface area contributed by atoms with Gasteiger partial charge < -0.3 is 18.5 Å². The summed E-state index contributed by atoms with van der Waals surface area (Å²) in [4.78, 5) is 12.6. The van der Waals surface area contributed by atoms with E-state index in [0.29, 0.717) is 23.3 Å². The Morgan fingerprint density at radius 3 is 2.79 bits per heavy atom. The molecule has 0 atom stereocenters. The molecule has 0 N–H and O–H groups in total. The van der Waals surface area contributed by atoms with Crippen LogP contribution in [-0.4, -0.2) is 40.0 Å². The van der Waals surface area contributed by atoms with Gasteiger partial charge in [-0.05, 0) is 44.5 Å². The molecule has 0 aliphatic carbocycles. The number of Topliss-reactive ketones (excluding diaryl/α,β-unsaturated/α-hetero) is 1. The van der Waals surface area contributed by atoms with Gasteiger partial charge in [0.15, 0.2) is 12.4 Å². The molecule has 0 saturated carbocycles. The van der Waals surface area contributed by atoms with E-state index < -0.39 is 0 Å². The predicted octanol–water partition coefficient (Wildman–Crippen LogP) is 4.00. The molecule has 1 aromatic carbocycles. The van der Waals surface area contributed by atoms with Gasteiger partial charge in [0.1, 0.15) is 5.75 Å². The van der Waals surface area contributed by atoms with E-state index in [-0.39, 0.29) is 18.1 Å². The lowest BCUT2D eigenvalue weighted by Gasteiger charge is -2.08. The zero-order valence-corrected chi connectivity index (χ0v) is 17.9. The summed E-state index contributed by atoms with van der Waals surface area (Å²) in [6.45, 7) is 7.46. The van der Waals surface area contributed by atoms with Crippen LogP contribution in [-0.2, 0) is 17.9 Å². The van der Waals surface area contributed by atoms with Gasteiger partial charge in [0.2, 0.25) is 0 Å². The SMILES string of the molecule is COCCn1c(C)cc(C(=O)CSc2nnc(COc3cccc(C)c3)o2)c1C. The van der Waals surface area contributed by atoms with Crippen LogP contribution < -0.4 is 4.74 Å². The summed E-state index contributed by atoms with van der Waals surface area (Å²) in [6, 6.07) is 9.66. The summed E-state index contributed by atoms with van der Waals surface area (Å²) in [5.41, 5.74) is 3.82. The second-order valence-corrected chi connectivity index (χ2v) is 7.63. The molecular weight excluding hydrogens is 390 g/mol. The minimum absolute atomic E-state index is 0.0301. The number of ether oxygens (including phenoxy) is 2. The quantitative estimate of drug-likeness (QED) is 0.366. The van der Waals surface area contributed by atoms with Gasteiger partial charge in [0.05, 0.1) is 12.4 Å². The van der Waals surface area contributed by atoms with Gasteiger partial charge >= 0.3 is 0 Å². The molecule has 154 valence electrons. The maximum Gasteiger partial charge on any atom is 0.277 e. The van der Waals surface area contributed by atoms with Gasteiger partial charge in [0, 0.05) is 30.6 Å². The standard InChI is InChI=1S/C21H25N3O4S/c1-14-6-5-7-17(10-14)27-12-20-22-23-21(28-20)29-13-19(25)18-11-15(2)24(16(18)3)8-9-26-4/h5-7,10-11H,8-9,12-13H2,1-4H3. The highest BCUT2D eigenvalue weighted by atomic mass is 32.2. The molecule has 0 radical (unpaired) electrons. The molecule has 29 heavy (non-hydrogen) atoms. The Morgan fingerprint density at radius 1 is 1.21 bits per heavy atom. The van der Waals surface area contributed by atoms with Crippen molar-refractivity contribution in [3.8, 4) is 5.75 Å². The lowest BCUT2D eigenvalue weighted by atomic mass is 10.2. The molecule has 0 aliphatic heterocycles. The number of ketones is 1. The first-order chi connectivity index (χ1) is 14.0. The first-order valence-corrected chi connectivity index (χ1v) is 10.3. The van der Waals surface area contributed by atoms with Crippen LogP contribution in [0.5, 0.6) is 5.75 Å². The number of hydrogen-bond acceptors (Lipinski definition) is 7. The number of nitrogens with zero attached hydrogens (tertiary/aromatic N) is 3. The molecule has 2 heterocycles. The van der Waals surface area contributed by atoms with Crippen molar-refractivity contribution >= 4 is 17.5 Å². The third-order valence-corrected chi connectivity index (χ3v) is 5.34. The first kappa shape index (κ1) is 21.1. The van der Waals surface area contributed by atoms with E-state index in [4.69, 9.17) is 13.9 Å². The smallest absolute Gasteiger partial charge is 0.277 e. The van der Waals surface area contributed by atoms with E-state index in [1.165, 1.54) is 11.8 Å². The van der Waals surface area contributed by atoms with Crippen molar-refractivity contribution in [2.45, 2.75) is 39.1 Å². The van der Waals surface area contributed by atoms with Crippen molar-refractivity contribution in [2.75, 3.05) is 19.5 Å². The molecule has 0 unspecified atom stereocenters. The number of methoxy groups -OCH3 is 1. The summed E-state index contributed by atoms with van der Waals surface area (Å²) >= 11 is 1.23. The summed E-state index contributed by atoms with van der Waals surface area (Å²) in [6.07, 6.45) is 0.